The van der Waals surface area contributed by atoms with E-state index < -0.39 is 23.5 Å². The average Bonchev–Trinajstić information content (AvgIpc) is 3.14. The molecular formula is C21H23Cl2N3O3S. The summed E-state index contributed by atoms with van der Waals surface area (Å²) < 4.78 is 0. The summed E-state index contributed by atoms with van der Waals surface area (Å²) in [6.07, 6.45) is 0.685. The van der Waals surface area contributed by atoms with Crippen LogP contribution in [0.2, 0.25) is 10.0 Å². The highest BCUT2D eigenvalue weighted by Crippen LogP contribution is 2.41. The summed E-state index contributed by atoms with van der Waals surface area (Å²) in [4.78, 5) is 34.6. The van der Waals surface area contributed by atoms with Gasteiger partial charge in [-0.1, -0.05) is 29.3 Å². The number of thiazole rings is 1. The molecule has 2 heterocycles. The van der Waals surface area contributed by atoms with Crippen LogP contribution < -0.4 is 0 Å². The number of aromatic nitrogens is 1. The van der Waals surface area contributed by atoms with E-state index in [9.17, 15) is 14.7 Å². The predicted molar refractivity (Wildman–Crippen MR) is 120 cm³/mol. The van der Waals surface area contributed by atoms with E-state index in [-0.39, 0.29) is 5.57 Å². The van der Waals surface area contributed by atoms with Crippen LogP contribution in [-0.2, 0) is 4.79 Å². The molecule has 1 aromatic heterocycles. The van der Waals surface area contributed by atoms with Crippen LogP contribution in [0.4, 0.5) is 0 Å². The summed E-state index contributed by atoms with van der Waals surface area (Å²) in [5.74, 6) is -1.48. The number of ketones is 1. The molecule has 0 bridgehead atoms. The van der Waals surface area contributed by atoms with Gasteiger partial charge in [-0.2, -0.15) is 0 Å². The second-order valence-electron chi connectivity index (χ2n) is 7.47. The zero-order valence-corrected chi connectivity index (χ0v) is 19.5. The summed E-state index contributed by atoms with van der Waals surface area (Å²) in [7, 11) is 3.89. The number of Topliss-reactive ketones (excluding diaryl/α,β-unsaturated/α-hetero) is 1. The summed E-state index contributed by atoms with van der Waals surface area (Å²) in [6.45, 7) is 4.69. The number of aliphatic hydroxyl groups is 1. The van der Waals surface area contributed by atoms with Crippen molar-refractivity contribution in [2.45, 2.75) is 26.3 Å². The minimum absolute atomic E-state index is 0.0509. The Morgan fingerprint density at radius 3 is 2.53 bits per heavy atom. The van der Waals surface area contributed by atoms with E-state index in [1.165, 1.54) is 16.2 Å². The average molecular weight is 468 g/mol. The summed E-state index contributed by atoms with van der Waals surface area (Å²) >= 11 is 13.5. The first kappa shape index (κ1) is 22.7. The predicted octanol–water partition coefficient (Wildman–Crippen LogP) is 4.60. The Kier molecular flexibility index (Phi) is 6.87. The molecular weight excluding hydrogens is 445 g/mol. The van der Waals surface area contributed by atoms with Gasteiger partial charge in [0.1, 0.15) is 0 Å². The molecule has 1 aliphatic rings. The highest BCUT2D eigenvalue weighted by Gasteiger charge is 2.44. The Labute approximate surface area is 189 Å². The van der Waals surface area contributed by atoms with Gasteiger partial charge in [-0.05, 0) is 58.6 Å². The number of halogens is 2. The normalized spacial score (nSPS) is 16.8. The van der Waals surface area contributed by atoms with Crippen molar-refractivity contribution in [2.75, 3.05) is 27.2 Å². The van der Waals surface area contributed by atoms with Crippen molar-refractivity contribution in [1.82, 2.24) is 14.8 Å². The van der Waals surface area contributed by atoms with Crippen LogP contribution in [-0.4, -0.2) is 58.8 Å². The topological polar surface area (TPSA) is 73.7 Å². The van der Waals surface area contributed by atoms with Gasteiger partial charge >= 0.3 is 0 Å². The zero-order chi connectivity index (χ0) is 22.2. The Bertz CT molecular complexity index is 1030. The molecule has 9 heteroatoms. The molecule has 0 saturated heterocycles. The highest BCUT2D eigenvalue weighted by atomic mass is 35.5. The van der Waals surface area contributed by atoms with Crippen molar-refractivity contribution in [1.29, 1.82) is 0 Å². The molecule has 0 radical (unpaired) electrons. The van der Waals surface area contributed by atoms with Crippen LogP contribution >= 0.6 is 34.5 Å². The number of hydrogen-bond donors (Lipinski definition) is 1. The van der Waals surface area contributed by atoms with Gasteiger partial charge in [0.25, 0.3) is 5.91 Å². The van der Waals surface area contributed by atoms with E-state index in [4.69, 9.17) is 23.2 Å². The SMILES string of the molecule is Cc1nc(C)c(C(=O)C2=C(O)C(=O)N(CCCN(C)C)[C@@H]2c2ccc(Cl)c(Cl)c2)s1. The Hall–Kier alpha value is -1.93. The van der Waals surface area contributed by atoms with Crippen LogP contribution in [0.3, 0.4) is 0 Å². The maximum Gasteiger partial charge on any atom is 0.290 e. The van der Waals surface area contributed by atoms with E-state index in [1.54, 1.807) is 25.1 Å². The fourth-order valence-corrected chi connectivity index (χ4v) is 4.75. The Balaban J connectivity index is 2.07. The molecule has 0 aliphatic carbocycles. The van der Waals surface area contributed by atoms with E-state index in [2.05, 4.69) is 4.98 Å². The van der Waals surface area contributed by atoms with Crippen LogP contribution in [0.25, 0.3) is 0 Å². The van der Waals surface area contributed by atoms with Gasteiger partial charge in [0.2, 0.25) is 5.78 Å². The van der Waals surface area contributed by atoms with E-state index in [1.807, 2.05) is 25.9 Å². The van der Waals surface area contributed by atoms with Gasteiger partial charge < -0.3 is 14.9 Å². The maximum absolute atomic E-state index is 13.4. The molecule has 6 nitrogen and oxygen atoms in total. The largest absolute Gasteiger partial charge is 0.503 e. The molecule has 1 amide bonds. The summed E-state index contributed by atoms with van der Waals surface area (Å²) in [5.41, 5.74) is 1.25. The molecule has 1 aliphatic heterocycles. The molecule has 1 N–H and O–H groups in total. The third-order valence-electron chi connectivity index (χ3n) is 4.92. The molecule has 3 rings (SSSR count). The Morgan fingerprint density at radius 1 is 1.27 bits per heavy atom. The minimum Gasteiger partial charge on any atom is -0.503 e. The molecule has 0 unspecified atom stereocenters. The quantitative estimate of drug-likeness (QED) is 0.602. The number of amides is 1. The van der Waals surface area contributed by atoms with Crippen molar-refractivity contribution < 1.29 is 14.7 Å². The van der Waals surface area contributed by atoms with Crippen molar-refractivity contribution >= 4 is 46.2 Å². The molecule has 0 spiro atoms. The van der Waals surface area contributed by atoms with Crippen molar-refractivity contribution in [3.8, 4) is 0 Å². The third kappa shape index (κ3) is 4.39. The standard InChI is InChI=1S/C21H23Cl2N3O3S/c1-11-20(30-12(2)24-11)18(27)16-17(13-6-7-14(22)15(23)10-13)26(21(29)19(16)28)9-5-8-25(3)4/h6-7,10,17,28H,5,8-9H2,1-4H3/t17-/m1/s1. The van der Waals surface area contributed by atoms with Gasteiger partial charge in [-0.25, -0.2) is 4.98 Å². The molecule has 2 aromatic rings. The summed E-state index contributed by atoms with van der Waals surface area (Å²) in [6, 6.07) is 4.24. The zero-order valence-electron chi connectivity index (χ0n) is 17.2. The number of aliphatic hydroxyl groups excluding tert-OH is 1. The van der Waals surface area contributed by atoms with E-state index >= 15 is 0 Å². The second kappa shape index (κ2) is 9.06. The van der Waals surface area contributed by atoms with Crippen molar-refractivity contribution in [3.63, 3.8) is 0 Å². The second-order valence-corrected chi connectivity index (χ2v) is 9.49. The van der Waals surface area contributed by atoms with Gasteiger partial charge in [-0.3, -0.25) is 9.59 Å². The van der Waals surface area contributed by atoms with Gasteiger partial charge in [0.15, 0.2) is 5.76 Å². The molecule has 1 aromatic carbocycles. The Morgan fingerprint density at radius 2 is 1.97 bits per heavy atom. The summed E-state index contributed by atoms with van der Waals surface area (Å²) in [5, 5.41) is 12.1. The van der Waals surface area contributed by atoms with Crippen LogP contribution in [0.15, 0.2) is 29.5 Å². The number of aryl methyl sites for hydroxylation is 2. The molecule has 30 heavy (non-hydrogen) atoms. The fraction of sp³-hybridized carbons (Fsp3) is 0.381. The third-order valence-corrected chi connectivity index (χ3v) is 6.73. The number of carbonyl (C=O) groups is 2. The maximum atomic E-state index is 13.4. The first-order valence-corrected chi connectivity index (χ1v) is 11.0. The first-order valence-electron chi connectivity index (χ1n) is 9.44. The first-order chi connectivity index (χ1) is 14.1. The minimum atomic E-state index is -0.747. The van der Waals surface area contributed by atoms with Gasteiger partial charge in [0, 0.05) is 6.54 Å². The van der Waals surface area contributed by atoms with Gasteiger partial charge in [0.05, 0.1) is 37.2 Å². The van der Waals surface area contributed by atoms with Crippen molar-refractivity contribution in [2.24, 2.45) is 0 Å². The number of carbonyl (C=O) groups excluding carboxylic acids is 2. The lowest BCUT2D eigenvalue weighted by atomic mass is 9.95. The lowest BCUT2D eigenvalue weighted by molar-refractivity contribution is -0.129. The monoisotopic (exact) mass is 467 g/mol. The lowest BCUT2D eigenvalue weighted by Gasteiger charge is -2.27. The van der Waals surface area contributed by atoms with E-state index in [0.717, 1.165) is 11.6 Å². The molecule has 0 saturated carbocycles. The van der Waals surface area contributed by atoms with Gasteiger partial charge in [-0.15, -0.1) is 11.3 Å². The lowest BCUT2D eigenvalue weighted by Crippen LogP contribution is -2.33. The number of hydrogen-bond acceptors (Lipinski definition) is 6. The van der Waals surface area contributed by atoms with Crippen molar-refractivity contribution in [3.05, 3.63) is 60.7 Å². The van der Waals surface area contributed by atoms with Crippen LogP contribution in [0.5, 0.6) is 0 Å². The number of benzene rings is 1. The van der Waals surface area contributed by atoms with Crippen LogP contribution in [0.1, 0.15) is 38.4 Å². The molecule has 0 fully saturated rings. The van der Waals surface area contributed by atoms with Crippen LogP contribution in [0, 0.1) is 13.8 Å². The molecule has 1 atom stereocenters. The fourth-order valence-electron chi connectivity index (χ4n) is 3.57. The highest BCUT2D eigenvalue weighted by molar-refractivity contribution is 7.14. The van der Waals surface area contributed by atoms with E-state index in [0.29, 0.717) is 39.1 Å². The number of nitrogens with zero attached hydrogens (tertiary/aromatic N) is 3. The number of rotatable bonds is 7. The smallest absolute Gasteiger partial charge is 0.290 e. The molecule has 160 valence electrons.